The third kappa shape index (κ3) is 2.90. The van der Waals surface area contributed by atoms with E-state index in [2.05, 4.69) is 10.6 Å². The Kier molecular flexibility index (Phi) is 3.88. The molecule has 1 atom stereocenters. The number of aliphatic hydroxyl groups is 1. The lowest BCUT2D eigenvalue weighted by Crippen LogP contribution is -2.30. The molecule has 0 saturated carbocycles. The van der Waals surface area contributed by atoms with Crippen LogP contribution in [0.1, 0.15) is 27.5 Å². The number of hydrogen-bond donors (Lipinski definition) is 3. The molecule has 3 rings (SSSR count). The van der Waals surface area contributed by atoms with E-state index in [1.54, 1.807) is 0 Å². The Hall–Kier alpha value is -2.33. The molecule has 1 aliphatic rings. The van der Waals surface area contributed by atoms with Crippen molar-refractivity contribution in [2.75, 3.05) is 18.5 Å². The summed E-state index contributed by atoms with van der Waals surface area (Å²) in [6, 6.07) is 14.8. The molecule has 0 saturated heterocycles. The fourth-order valence-electron chi connectivity index (χ4n) is 2.59. The number of aliphatic hydroxyl groups excluding tert-OH is 1. The van der Waals surface area contributed by atoms with Gasteiger partial charge in [-0.3, -0.25) is 4.79 Å². The average molecular weight is 282 g/mol. The maximum Gasteiger partial charge on any atom is 0.251 e. The number of benzene rings is 2. The molecule has 1 aliphatic heterocycles. The first-order valence-electron chi connectivity index (χ1n) is 7.11. The molecular formula is C17H18N2O2. The van der Waals surface area contributed by atoms with Crippen molar-refractivity contribution >= 4 is 11.6 Å². The zero-order chi connectivity index (χ0) is 14.7. The number of anilines is 1. The molecular weight excluding hydrogens is 264 g/mol. The fraction of sp³-hybridized carbons (Fsp3) is 0.235. The van der Waals surface area contributed by atoms with Gasteiger partial charge in [0, 0.05) is 17.8 Å². The van der Waals surface area contributed by atoms with Gasteiger partial charge in [0.05, 0.1) is 12.6 Å². The highest BCUT2D eigenvalue weighted by Gasteiger charge is 2.17. The molecule has 0 radical (unpaired) electrons. The van der Waals surface area contributed by atoms with Gasteiger partial charge >= 0.3 is 0 Å². The lowest BCUT2D eigenvalue weighted by atomic mass is 10.1. The van der Waals surface area contributed by atoms with Crippen LogP contribution in [-0.2, 0) is 6.42 Å². The van der Waals surface area contributed by atoms with Crippen LogP contribution in [0.3, 0.4) is 0 Å². The van der Waals surface area contributed by atoms with Crippen molar-refractivity contribution in [3.05, 3.63) is 65.2 Å². The molecule has 1 unspecified atom stereocenters. The first kappa shape index (κ1) is 13.6. The van der Waals surface area contributed by atoms with E-state index >= 15 is 0 Å². The summed E-state index contributed by atoms with van der Waals surface area (Å²) in [6.45, 7) is 0.794. The minimum Gasteiger partial charge on any atom is -0.394 e. The lowest BCUT2D eigenvalue weighted by molar-refractivity contribution is 0.0916. The standard InChI is InChI=1S/C17H18N2O2/c20-11-16(12-4-2-1-3-5-12)19-17(21)14-7-6-13-8-9-18-15(13)10-14/h1-7,10,16,18,20H,8-9,11H2,(H,19,21). The highest BCUT2D eigenvalue weighted by molar-refractivity contribution is 5.95. The Bertz CT molecular complexity index is 640. The van der Waals surface area contributed by atoms with Gasteiger partial charge in [-0.15, -0.1) is 0 Å². The first-order valence-corrected chi connectivity index (χ1v) is 7.11. The zero-order valence-corrected chi connectivity index (χ0v) is 11.7. The molecule has 0 bridgehead atoms. The summed E-state index contributed by atoms with van der Waals surface area (Å²) in [6.07, 6.45) is 1.00. The smallest absolute Gasteiger partial charge is 0.251 e. The van der Waals surface area contributed by atoms with Crippen molar-refractivity contribution in [2.45, 2.75) is 12.5 Å². The number of amides is 1. The van der Waals surface area contributed by atoms with Crippen LogP contribution in [0.2, 0.25) is 0 Å². The van der Waals surface area contributed by atoms with E-state index in [4.69, 9.17) is 0 Å². The van der Waals surface area contributed by atoms with E-state index in [-0.39, 0.29) is 18.6 Å². The van der Waals surface area contributed by atoms with Gasteiger partial charge in [0.25, 0.3) is 5.91 Å². The summed E-state index contributed by atoms with van der Waals surface area (Å²) in [5, 5.41) is 15.6. The van der Waals surface area contributed by atoms with Gasteiger partial charge < -0.3 is 15.7 Å². The monoisotopic (exact) mass is 282 g/mol. The Morgan fingerprint density at radius 1 is 1.24 bits per heavy atom. The number of carbonyl (C=O) groups is 1. The summed E-state index contributed by atoms with van der Waals surface area (Å²) < 4.78 is 0. The highest BCUT2D eigenvalue weighted by Crippen LogP contribution is 2.23. The van der Waals surface area contributed by atoms with Gasteiger partial charge in [-0.25, -0.2) is 0 Å². The summed E-state index contributed by atoms with van der Waals surface area (Å²) >= 11 is 0. The molecule has 0 spiro atoms. The number of fused-ring (bicyclic) bond motifs is 1. The van der Waals surface area contributed by atoms with Gasteiger partial charge in [-0.2, -0.15) is 0 Å². The third-order valence-corrected chi connectivity index (χ3v) is 3.77. The minimum atomic E-state index is -0.389. The maximum atomic E-state index is 12.3. The van der Waals surface area contributed by atoms with Crippen molar-refractivity contribution in [1.29, 1.82) is 0 Å². The van der Waals surface area contributed by atoms with Crippen molar-refractivity contribution < 1.29 is 9.90 Å². The van der Waals surface area contributed by atoms with E-state index in [1.165, 1.54) is 5.56 Å². The van der Waals surface area contributed by atoms with E-state index in [1.807, 2.05) is 48.5 Å². The van der Waals surface area contributed by atoms with Crippen molar-refractivity contribution in [1.82, 2.24) is 5.32 Å². The second-order valence-corrected chi connectivity index (χ2v) is 5.17. The molecule has 3 N–H and O–H groups in total. The lowest BCUT2D eigenvalue weighted by Gasteiger charge is -2.17. The van der Waals surface area contributed by atoms with Crippen molar-refractivity contribution in [3.63, 3.8) is 0 Å². The van der Waals surface area contributed by atoms with Crippen LogP contribution in [0.25, 0.3) is 0 Å². The number of nitrogens with one attached hydrogen (secondary N) is 2. The topological polar surface area (TPSA) is 61.4 Å². The van der Waals surface area contributed by atoms with E-state index in [9.17, 15) is 9.90 Å². The molecule has 108 valence electrons. The van der Waals surface area contributed by atoms with Crippen LogP contribution in [0.4, 0.5) is 5.69 Å². The first-order chi connectivity index (χ1) is 10.3. The zero-order valence-electron chi connectivity index (χ0n) is 11.7. The molecule has 4 nitrogen and oxygen atoms in total. The Balaban J connectivity index is 1.76. The number of carbonyl (C=O) groups excluding carboxylic acids is 1. The third-order valence-electron chi connectivity index (χ3n) is 3.77. The quantitative estimate of drug-likeness (QED) is 0.805. The normalized spacial score (nSPS) is 14.1. The molecule has 21 heavy (non-hydrogen) atoms. The molecule has 2 aromatic carbocycles. The Morgan fingerprint density at radius 3 is 2.81 bits per heavy atom. The largest absolute Gasteiger partial charge is 0.394 e. The SMILES string of the molecule is O=C(NC(CO)c1ccccc1)c1ccc2c(c1)NCC2. The molecule has 1 heterocycles. The maximum absolute atomic E-state index is 12.3. The van der Waals surface area contributed by atoms with Gasteiger partial charge in [-0.05, 0) is 29.7 Å². The van der Waals surface area contributed by atoms with Crippen molar-refractivity contribution in [2.24, 2.45) is 0 Å². The minimum absolute atomic E-state index is 0.126. The van der Waals surface area contributed by atoms with Gasteiger partial charge in [0.15, 0.2) is 0 Å². The van der Waals surface area contributed by atoms with Crippen LogP contribution in [0, 0.1) is 0 Å². The summed E-state index contributed by atoms with van der Waals surface area (Å²) in [5.41, 5.74) is 3.78. The summed E-state index contributed by atoms with van der Waals surface area (Å²) in [4.78, 5) is 12.3. The molecule has 0 fully saturated rings. The Labute approximate surface area is 123 Å². The second-order valence-electron chi connectivity index (χ2n) is 5.17. The van der Waals surface area contributed by atoms with Crippen LogP contribution >= 0.6 is 0 Å². The molecule has 0 aliphatic carbocycles. The van der Waals surface area contributed by atoms with Crippen LogP contribution in [0.15, 0.2) is 48.5 Å². The Morgan fingerprint density at radius 2 is 2.05 bits per heavy atom. The molecule has 4 heteroatoms. The number of hydrogen-bond acceptors (Lipinski definition) is 3. The predicted octanol–water partition coefficient (Wildman–Crippen LogP) is 2.12. The van der Waals surface area contributed by atoms with E-state index in [0.29, 0.717) is 5.56 Å². The van der Waals surface area contributed by atoms with E-state index in [0.717, 1.165) is 24.2 Å². The summed E-state index contributed by atoms with van der Waals surface area (Å²) in [5.74, 6) is -0.172. The predicted molar refractivity (Wildman–Crippen MR) is 82.4 cm³/mol. The van der Waals surface area contributed by atoms with Crippen LogP contribution in [-0.4, -0.2) is 24.2 Å². The molecule has 0 aromatic heterocycles. The van der Waals surface area contributed by atoms with Crippen LogP contribution < -0.4 is 10.6 Å². The number of rotatable bonds is 4. The van der Waals surface area contributed by atoms with Gasteiger partial charge in [0.1, 0.15) is 0 Å². The van der Waals surface area contributed by atoms with Crippen LogP contribution in [0.5, 0.6) is 0 Å². The molecule has 1 amide bonds. The summed E-state index contributed by atoms with van der Waals surface area (Å²) in [7, 11) is 0. The highest BCUT2D eigenvalue weighted by atomic mass is 16.3. The average Bonchev–Trinajstić information content (AvgIpc) is 3.00. The van der Waals surface area contributed by atoms with Crippen molar-refractivity contribution in [3.8, 4) is 0 Å². The van der Waals surface area contributed by atoms with Gasteiger partial charge in [0.2, 0.25) is 0 Å². The van der Waals surface area contributed by atoms with Gasteiger partial charge in [-0.1, -0.05) is 36.4 Å². The fourth-order valence-corrected chi connectivity index (χ4v) is 2.59. The second kappa shape index (κ2) is 5.97. The van der Waals surface area contributed by atoms with E-state index < -0.39 is 0 Å². The molecule has 2 aromatic rings.